The second-order valence-corrected chi connectivity index (χ2v) is 7.80. The van der Waals surface area contributed by atoms with Crippen molar-refractivity contribution in [1.82, 2.24) is 4.90 Å². The number of likely N-dealkylation sites (tertiary alicyclic amines) is 1. The smallest absolute Gasteiger partial charge is 0.0618 e. The summed E-state index contributed by atoms with van der Waals surface area (Å²) in [5.41, 5.74) is 4.49. The van der Waals surface area contributed by atoms with Crippen LogP contribution in [0.3, 0.4) is 0 Å². The Bertz CT molecular complexity index is 684. The summed E-state index contributed by atoms with van der Waals surface area (Å²) in [5, 5.41) is 0. The van der Waals surface area contributed by atoms with Gasteiger partial charge in [0, 0.05) is 12.5 Å². The van der Waals surface area contributed by atoms with Gasteiger partial charge < -0.3 is 9.64 Å². The summed E-state index contributed by atoms with van der Waals surface area (Å²) in [6.45, 7) is 3.21. The fourth-order valence-corrected chi connectivity index (χ4v) is 4.59. The molecule has 0 N–H and O–H groups in total. The number of piperidine rings is 1. The standard InChI is InChI=1S/C23H29NO/c1-24-14-13-23(19-8-3-2-4-9-19)21(16-24)17-25-22-12-11-18-7-5-6-10-20(18)15-22/h2-10,21-23H,11-17H2,1H3/t21-,22?,23+/m1/s1. The molecule has 0 radical (unpaired) electrons. The quantitative estimate of drug-likeness (QED) is 0.826. The Hall–Kier alpha value is -1.64. The summed E-state index contributed by atoms with van der Waals surface area (Å²) in [6.07, 6.45) is 5.03. The van der Waals surface area contributed by atoms with Crippen molar-refractivity contribution in [2.75, 3.05) is 26.7 Å². The van der Waals surface area contributed by atoms with Crippen LogP contribution in [-0.4, -0.2) is 37.7 Å². The van der Waals surface area contributed by atoms with Gasteiger partial charge in [0.15, 0.2) is 0 Å². The monoisotopic (exact) mass is 335 g/mol. The lowest BCUT2D eigenvalue weighted by atomic mass is 9.81. The number of aryl methyl sites for hydroxylation is 1. The fraction of sp³-hybridized carbons (Fsp3) is 0.478. The van der Waals surface area contributed by atoms with E-state index in [0.29, 0.717) is 17.9 Å². The Morgan fingerprint density at radius 3 is 2.56 bits per heavy atom. The van der Waals surface area contributed by atoms with Crippen LogP contribution >= 0.6 is 0 Å². The third kappa shape index (κ3) is 3.96. The highest BCUT2D eigenvalue weighted by atomic mass is 16.5. The largest absolute Gasteiger partial charge is 0.378 e. The molecule has 0 spiro atoms. The molecule has 2 heteroatoms. The molecule has 2 aromatic carbocycles. The first-order valence-electron chi connectivity index (χ1n) is 9.71. The molecule has 132 valence electrons. The van der Waals surface area contributed by atoms with E-state index in [0.717, 1.165) is 32.4 Å². The van der Waals surface area contributed by atoms with Crippen LogP contribution in [0.2, 0.25) is 0 Å². The summed E-state index contributed by atoms with van der Waals surface area (Å²) in [6, 6.07) is 19.9. The summed E-state index contributed by atoms with van der Waals surface area (Å²) in [5.74, 6) is 1.23. The maximum Gasteiger partial charge on any atom is 0.0618 e. The number of rotatable bonds is 4. The van der Waals surface area contributed by atoms with E-state index >= 15 is 0 Å². The van der Waals surface area contributed by atoms with Crippen molar-refractivity contribution < 1.29 is 4.74 Å². The zero-order valence-corrected chi connectivity index (χ0v) is 15.2. The van der Waals surface area contributed by atoms with Crippen molar-refractivity contribution in [3.63, 3.8) is 0 Å². The molecule has 1 heterocycles. The first-order valence-corrected chi connectivity index (χ1v) is 9.71. The molecule has 2 nitrogen and oxygen atoms in total. The second kappa shape index (κ2) is 7.72. The van der Waals surface area contributed by atoms with Gasteiger partial charge in [-0.2, -0.15) is 0 Å². The summed E-state index contributed by atoms with van der Waals surface area (Å²) >= 11 is 0. The highest BCUT2D eigenvalue weighted by Gasteiger charge is 2.30. The van der Waals surface area contributed by atoms with Crippen molar-refractivity contribution in [2.24, 2.45) is 5.92 Å². The van der Waals surface area contributed by atoms with E-state index in [4.69, 9.17) is 4.74 Å². The SMILES string of the molecule is CN1CC[C@@H](c2ccccc2)[C@@H](COC2CCc3ccccc3C2)C1. The topological polar surface area (TPSA) is 12.5 Å². The Kier molecular flexibility index (Phi) is 5.19. The number of hydrogen-bond donors (Lipinski definition) is 0. The van der Waals surface area contributed by atoms with Gasteiger partial charge in [0.05, 0.1) is 12.7 Å². The van der Waals surface area contributed by atoms with Crippen LogP contribution in [0.25, 0.3) is 0 Å². The van der Waals surface area contributed by atoms with E-state index in [9.17, 15) is 0 Å². The van der Waals surface area contributed by atoms with Crippen molar-refractivity contribution in [2.45, 2.75) is 37.7 Å². The van der Waals surface area contributed by atoms with Gasteiger partial charge in [-0.1, -0.05) is 54.6 Å². The van der Waals surface area contributed by atoms with Crippen molar-refractivity contribution in [3.05, 3.63) is 71.3 Å². The van der Waals surface area contributed by atoms with Crippen LogP contribution in [0.4, 0.5) is 0 Å². The van der Waals surface area contributed by atoms with E-state index < -0.39 is 0 Å². The number of hydrogen-bond acceptors (Lipinski definition) is 2. The molecule has 0 aromatic heterocycles. The zero-order chi connectivity index (χ0) is 17.1. The average molecular weight is 335 g/mol. The van der Waals surface area contributed by atoms with E-state index in [2.05, 4.69) is 66.5 Å². The Labute approximate surface area is 151 Å². The van der Waals surface area contributed by atoms with Crippen LogP contribution in [0, 0.1) is 5.92 Å². The zero-order valence-electron chi connectivity index (χ0n) is 15.2. The highest BCUT2D eigenvalue weighted by Crippen LogP contribution is 2.33. The van der Waals surface area contributed by atoms with Gasteiger partial charge in [-0.25, -0.2) is 0 Å². The molecule has 0 saturated carbocycles. The van der Waals surface area contributed by atoms with Gasteiger partial charge in [-0.15, -0.1) is 0 Å². The van der Waals surface area contributed by atoms with Gasteiger partial charge in [0.2, 0.25) is 0 Å². The lowest BCUT2D eigenvalue weighted by Gasteiger charge is -2.38. The van der Waals surface area contributed by atoms with Crippen LogP contribution in [0.15, 0.2) is 54.6 Å². The van der Waals surface area contributed by atoms with Gasteiger partial charge in [-0.3, -0.25) is 0 Å². The predicted octanol–water partition coefficient (Wildman–Crippen LogP) is 4.30. The van der Waals surface area contributed by atoms with Crippen molar-refractivity contribution >= 4 is 0 Å². The Balaban J connectivity index is 1.40. The molecule has 0 bridgehead atoms. The highest BCUT2D eigenvalue weighted by molar-refractivity contribution is 5.30. The van der Waals surface area contributed by atoms with Gasteiger partial charge in [0.1, 0.15) is 0 Å². The van der Waals surface area contributed by atoms with Crippen LogP contribution in [0.1, 0.15) is 35.4 Å². The Morgan fingerprint density at radius 2 is 1.72 bits per heavy atom. The van der Waals surface area contributed by atoms with Crippen LogP contribution in [-0.2, 0) is 17.6 Å². The minimum absolute atomic E-state index is 0.388. The number of benzene rings is 2. The molecule has 2 aliphatic rings. The van der Waals surface area contributed by atoms with Gasteiger partial charge >= 0.3 is 0 Å². The molecular weight excluding hydrogens is 306 g/mol. The molecule has 2 aromatic rings. The molecular formula is C23H29NO. The lowest BCUT2D eigenvalue weighted by molar-refractivity contribution is -0.000704. The molecule has 4 rings (SSSR count). The first-order chi connectivity index (χ1) is 12.3. The number of fused-ring (bicyclic) bond motifs is 1. The minimum Gasteiger partial charge on any atom is -0.378 e. The Morgan fingerprint density at radius 1 is 0.960 bits per heavy atom. The molecule has 25 heavy (non-hydrogen) atoms. The molecule has 1 saturated heterocycles. The third-order valence-electron chi connectivity index (χ3n) is 6.01. The maximum absolute atomic E-state index is 6.45. The molecule has 1 aliphatic carbocycles. The van der Waals surface area contributed by atoms with E-state index in [1.54, 1.807) is 0 Å². The average Bonchev–Trinajstić information content (AvgIpc) is 2.67. The van der Waals surface area contributed by atoms with E-state index in [1.165, 1.54) is 29.7 Å². The number of ether oxygens (including phenoxy) is 1. The molecule has 3 atom stereocenters. The maximum atomic E-state index is 6.45. The number of nitrogens with zero attached hydrogens (tertiary/aromatic N) is 1. The second-order valence-electron chi connectivity index (χ2n) is 7.80. The molecule has 1 aliphatic heterocycles. The molecule has 1 unspecified atom stereocenters. The van der Waals surface area contributed by atoms with Gasteiger partial charge in [-0.05, 0) is 61.9 Å². The van der Waals surface area contributed by atoms with E-state index in [1.807, 2.05) is 0 Å². The molecule has 1 fully saturated rings. The van der Waals surface area contributed by atoms with Crippen molar-refractivity contribution in [1.29, 1.82) is 0 Å². The third-order valence-corrected chi connectivity index (χ3v) is 6.01. The molecule has 0 amide bonds. The predicted molar refractivity (Wildman–Crippen MR) is 103 cm³/mol. The summed E-state index contributed by atoms with van der Waals surface area (Å²) in [4.78, 5) is 2.46. The van der Waals surface area contributed by atoms with Crippen molar-refractivity contribution in [3.8, 4) is 0 Å². The first kappa shape index (κ1) is 16.8. The summed E-state index contributed by atoms with van der Waals surface area (Å²) in [7, 11) is 2.24. The van der Waals surface area contributed by atoms with Gasteiger partial charge in [0.25, 0.3) is 0 Å². The van der Waals surface area contributed by atoms with E-state index in [-0.39, 0.29) is 0 Å². The van der Waals surface area contributed by atoms with Crippen LogP contribution < -0.4 is 0 Å². The summed E-state index contributed by atoms with van der Waals surface area (Å²) < 4.78 is 6.45. The van der Waals surface area contributed by atoms with Crippen LogP contribution in [0.5, 0.6) is 0 Å². The normalized spacial score (nSPS) is 27.0. The minimum atomic E-state index is 0.388. The lowest BCUT2D eigenvalue weighted by Crippen LogP contribution is -2.40. The fourth-order valence-electron chi connectivity index (χ4n) is 4.59.